The minimum atomic E-state index is -3.32. The van der Waals surface area contributed by atoms with Crippen LogP contribution in [-0.4, -0.2) is 31.9 Å². The lowest BCUT2D eigenvalue weighted by Gasteiger charge is -2.21. The molecule has 1 saturated carbocycles. The quantitative estimate of drug-likeness (QED) is 0.860. The zero-order valence-electron chi connectivity index (χ0n) is 12.6. The minimum Gasteiger partial charge on any atom is -0.497 e. The van der Waals surface area contributed by atoms with Gasteiger partial charge in [0.2, 0.25) is 11.7 Å². The van der Waals surface area contributed by atoms with Crippen LogP contribution in [0, 0.1) is 0 Å². The van der Waals surface area contributed by atoms with Gasteiger partial charge in [0.1, 0.15) is 5.75 Å². The van der Waals surface area contributed by atoms with Crippen LogP contribution in [0.25, 0.3) is 11.4 Å². The summed E-state index contributed by atoms with van der Waals surface area (Å²) in [7, 11) is -1.74. The van der Waals surface area contributed by atoms with Crippen LogP contribution in [0.2, 0.25) is 0 Å². The Bertz CT molecular complexity index is 776. The molecule has 1 fully saturated rings. The van der Waals surface area contributed by atoms with Gasteiger partial charge in [0, 0.05) is 11.8 Å². The molecule has 1 aliphatic rings. The maximum Gasteiger partial charge on any atom is 0.248 e. The van der Waals surface area contributed by atoms with Crippen molar-refractivity contribution < 1.29 is 17.7 Å². The summed E-state index contributed by atoms with van der Waals surface area (Å²) in [6, 6.07) is 7.26. The molecule has 2 aromatic rings. The van der Waals surface area contributed by atoms with E-state index in [-0.39, 0.29) is 5.89 Å². The Hall–Kier alpha value is -1.89. The molecule has 0 amide bonds. The molecular formula is C15H18N2O4S. The zero-order valence-corrected chi connectivity index (χ0v) is 13.4. The Labute approximate surface area is 129 Å². The van der Waals surface area contributed by atoms with Crippen LogP contribution in [0.15, 0.2) is 28.8 Å². The molecule has 3 rings (SSSR count). The summed E-state index contributed by atoms with van der Waals surface area (Å²) in [4.78, 5) is 4.36. The summed E-state index contributed by atoms with van der Waals surface area (Å²) < 4.78 is 34.0. The van der Waals surface area contributed by atoms with E-state index in [1.54, 1.807) is 13.2 Å². The van der Waals surface area contributed by atoms with Gasteiger partial charge in [-0.1, -0.05) is 30.1 Å². The van der Waals surface area contributed by atoms with Crippen molar-refractivity contribution in [2.24, 2.45) is 0 Å². The fraction of sp³-hybridized carbons (Fsp3) is 0.467. The molecule has 1 aromatic heterocycles. The van der Waals surface area contributed by atoms with E-state index in [1.165, 1.54) is 6.26 Å². The van der Waals surface area contributed by atoms with Crippen molar-refractivity contribution in [2.75, 3.05) is 13.4 Å². The van der Waals surface area contributed by atoms with E-state index >= 15 is 0 Å². The van der Waals surface area contributed by atoms with E-state index in [4.69, 9.17) is 9.26 Å². The van der Waals surface area contributed by atoms with E-state index in [0.717, 1.165) is 18.4 Å². The standard InChI is InChI=1S/C15H18N2O4S/c1-20-12-7-5-6-11(10-12)13-16-14(21-17-13)15(22(2,18)19)8-3-4-9-15/h5-7,10H,3-4,8-9H2,1-2H3. The van der Waals surface area contributed by atoms with Gasteiger partial charge in [-0.3, -0.25) is 0 Å². The summed E-state index contributed by atoms with van der Waals surface area (Å²) in [6.45, 7) is 0. The average Bonchev–Trinajstić information content (AvgIpc) is 3.16. The van der Waals surface area contributed by atoms with Crippen molar-refractivity contribution in [3.63, 3.8) is 0 Å². The summed E-state index contributed by atoms with van der Waals surface area (Å²) in [5.41, 5.74) is 0.732. The first kappa shape index (κ1) is 15.0. The van der Waals surface area contributed by atoms with Gasteiger partial charge in [0.25, 0.3) is 0 Å². The fourth-order valence-electron chi connectivity index (χ4n) is 2.98. The number of rotatable bonds is 4. The van der Waals surface area contributed by atoms with Gasteiger partial charge in [0.05, 0.1) is 7.11 Å². The first-order valence-electron chi connectivity index (χ1n) is 7.14. The van der Waals surface area contributed by atoms with E-state index in [2.05, 4.69) is 10.1 Å². The molecule has 1 aromatic carbocycles. The van der Waals surface area contributed by atoms with Crippen LogP contribution in [-0.2, 0) is 14.6 Å². The van der Waals surface area contributed by atoms with Gasteiger partial charge < -0.3 is 9.26 Å². The second-order valence-corrected chi connectivity index (χ2v) is 7.95. The predicted octanol–water partition coefficient (Wildman–Crippen LogP) is 2.56. The van der Waals surface area contributed by atoms with Crippen LogP contribution in [0.3, 0.4) is 0 Å². The monoisotopic (exact) mass is 322 g/mol. The van der Waals surface area contributed by atoms with E-state index in [0.29, 0.717) is 24.4 Å². The second kappa shape index (κ2) is 5.39. The Morgan fingerprint density at radius 2 is 2.00 bits per heavy atom. The molecule has 0 unspecified atom stereocenters. The van der Waals surface area contributed by atoms with Crippen molar-refractivity contribution in [2.45, 2.75) is 30.4 Å². The highest BCUT2D eigenvalue weighted by molar-refractivity contribution is 7.91. The molecule has 1 heterocycles. The molecular weight excluding hydrogens is 304 g/mol. The lowest BCUT2D eigenvalue weighted by molar-refractivity contribution is 0.331. The number of benzene rings is 1. The molecule has 0 bridgehead atoms. The van der Waals surface area contributed by atoms with Crippen LogP contribution in [0.1, 0.15) is 31.6 Å². The molecule has 22 heavy (non-hydrogen) atoms. The highest BCUT2D eigenvalue weighted by atomic mass is 32.2. The highest BCUT2D eigenvalue weighted by Crippen LogP contribution is 2.44. The summed E-state index contributed by atoms with van der Waals surface area (Å²) in [5, 5.41) is 3.96. The van der Waals surface area contributed by atoms with E-state index in [1.807, 2.05) is 18.2 Å². The number of aromatic nitrogens is 2. The topological polar surface area (TPSA) is 82.3 Å². The molecule has 0 aliphatic heterocycles. The Balaban J connectivity index is 2.03. The van der Waals surface area contributed by atoms with Crippen LogP contribution < -0.4 is 4.74 Å². The van der Waals surface area contributed by atoms with Gasteiger partial charge in [-0.15, -0.1) is 0 Å². The Morgan fingerprint density at radius 3 is 2.64 bits per heavy atom. The molecule has 0 atom stereocenters. The molecule has 6 nitrogen and oxygen atoms in total. The summed E-state index contributed by atoms with van der Waals surface area (Å²) >= 11 is 0. The summed E-state index contributed by atoms with van der Waals surface area (Å²) in [5.74, 6) is 1.26. The normalized spacial score (nSPS) is 17.5. The van der Waals surface area contributed by atoms with Gasteiger partial charge in [0.15, 0.2) is 14.6 Å². The van der Waals surface area contributed by atoms with Crippen LogP contribution in [0.4, 0.5) is 0 Å². The van der Waals surface area contributed by atoms with E-state index < -0.39 is 14.6 Å². The molecule has 7 heteroatoms. The SMILES string of the molecule is COc1cccc(-c2noc(C3(S(C)(=O)=O)CCCC3)n2)c1. The second-order valence-electron chi connectivity index (χ2n) is 5.63. The largest absolute Gasteiger partial charge is 0.497 e. The third-order valence-electron chi connectivity index (χ3n) is 4.26. The fourth-order valence-corrected chi connectivity index (χ4v) is 4.41. The summed E-state index contributed by atoms with van der Waals surface area (Å²) in [6.07, 6.45) is 4.01. The Morgan fingerprint density at radius 1 is 1.27 bits per heavy atom. The minimum absolute atomic E-state index is 0.199. The molecule has 0 radical (unpaired) electrons. The number of nitrogens with zero attached hydrogens (tertiary/aromatic N) is 2. The van der Waals surface area contributed by atoms with Crippen molar-refractivity contribution in [1.82, 2.24) is 10.1 Å². The third kappa shape index (κ3) is 2.39. The third-order valence-corrected chi connectivity index (χ3v) is 6.27. The first-order chi connectivity index (χ1) is 10.5. The Kier molecular flexibility index (Phi) is 3.68. The van der Waals surface area contributed by atoms with Crippen LogP contribution >= 0.6 is 0 Å². The lowest BCUT2D eigenvalue weighted by Crippen LogP contribution is -2.32. The maximum absolute atomic E-state index is 12.3. The van der Waals surface area contributed by atoms with Gasteiger partial charge in [-0.25, -0.2) is 8.42 Å². The predicted molar refractivity (Wildman–Crippen MR) is 81.3 cm³/mol. The van der Waals surface area contributed by atoms with Gasteiger partial charge in [-0.2, -0.15) is 4.98 Å². The van der Waals surface area contributed by atoms with Crippen molar-refractivity contribution >= 4 is 9.84 Å². The van der Waals surface area contributed by atoms with Crippen LogP contribution in [0.5, 0.6) is 5.75 Å². The molecule has 1 aliphatic carbocycles. The first-order valence-corrected chi connectivity index (χ1v) is 9.04. The van der Waals surface area contributed by atoms with Gasteiger partial charge in [-0.05, 0) is 25.0 Å². The molecule has 0 spiro atoms. The molecule has 118 valence electrons. The zero-order chi connectivity index (χ0) is 15.8. The number of sulfone groups is 1. The number of methoxy groups -OCH3 is 1. The van der Waals surface area contributed by atoms with E-state index in [9.17, 15) is 8.42 Å². The van der Waals surface area contributed by atoms with Crippen molar-refractivity contribution in [3.05, 3.63) is 30.2 Å². The molecule has 0 N–H and O–H groups in total. The number of hydrogen-bond acceptors (Lipinski definition) is 6. The van der Waals surface area contributed by atoms with Crippen molar-refractivity contribution in [1.29, 1.82) is 0 Å². The molecule has 0 saturated heterocycles. The maximum atomic E-state index is 12.3. The van der Waals surface area contributed by atoms with Gasteiger partial charge >= 0.3 is 0 Å². The number of ether oxygens (including phenoxy) is 1. The lowest BCUT2D eigenvalue weighted by atomic mass is 10.1. The number of hydrogen-bond donors (Lipinski definition) is 0. The smallest absolute Gasteiger partial charge is 0.248 e. The average molecular weight is 322 g/mol. The van der Waals surface area contributed by atoms with Crippen molar-refractivity contribution in [3.8, 4) is 17.1 Å². The highest BCUT2D eigenvalue weighted by Gasteiger charge is 2.49.